The van der Waals surface area contributed by atoms with Crippen molar-refractivity contribution < 1.29 is 14.3 Å². The fourth-order valence-electron chi connectivity index (χ4n) is 1.64. The summed E-state index contributed by atoms with van der Waals surface area (Å²) >= 11 is 3.38. The number of ether oxygens (including phenoxy) is 2. The molecule has 0 aliphatic rings. The van der Waals surface area contributed by atoms with Crippen LogP contribution in [0.3, 0.4) is 0 Å². The summed E-state index contributed by atoms with van der Waals surface area (Å²) in [6.45, 7) is 1.90. The van der Waals surface area contributed by atoms with Gasteiger partial charge in [-0.05, 0) is 36.8 Å². The summed E-state index contributed by atoms with van der Waals surface area (Å²) < 4.78 is 11.3. The van der Waals surface area contributed by atoms with Crippen molar-refractivity contribution in [2.45, 2.75) is 6.92 Å². The monoisotopic (exact) mass is 336 g/mol. The molecule has 1 heterocycles. The number of hydrogen-bond donors (Lipinski definition) is 1. The average molecular weight is 337 g/mol. The van der Waals surface area contributed by atoms with Gasteiger partial charge in [0.15, 0.2) is 0 Å². The Balaban J connectivity index is 2.40. The molecule has 104 valence electrons. The zero-order valence-electron chi connectivity index (χ0n) is 11.0. The third-order valence-electron chi connectivity index (χ3n) is 2.62. The third kappa shape index (κ3) is 3.08. The average Bonchev–Trinajstić information content (AvgIpc) is 2.42. The Kier molecular flexibility index (Phi) is 4.24. The van der Waals surface area contributed by atoms with Crippen LogP contribution >= 0.6 is 15.9 Å². The zero-order chi connectivity index (χ0) is 14.7. The van der Waals surface area contributed by atoms with Crippen molar-refractivity contribution >= 4 is 27.6 Å². The van der Waals surface area contributed by atoms with Gasteiger partial charge in [-0.2, -0.15) is 0 Å². The standard InChI is InChI=1S/C14H13BrN2O3/c1-8-5-9(15)3-4-12(8)20-13-11(14(18)19-2)6-10(16)7-17-13/h3-7H,16H2,1-2H3. The van der Waals surface area contributed by atoms with Crippen LogP contribution in [0.4, 0.5) is 5.69 Å². The van der Waals surface area contributed by atoms with Gasteiger partial charge in [-0.15, -0.1) is 0 Å². The number of rotatable bonds is 3. The van der Waals surface area contributed by atoms with Crippen molar-refractivity contribution in [2.75, 3.05) is 12.8 Å². The van der Waals surface area contributed by atoms with Crippen molar-refractivity contribution in [3.63, 3.8) is 0 Å². The predicted molar refractivity (Wildman–Crippen MR) is 78.9 cm³/mol. The molecular weight excluding hydrogens is 324 g/mol. The van der Waals surface area contributed by atoms with E-state index in [2.05, 4.69) is 20.9 Å². The summed E-state index contributed by atoms with van der Waals surface area (Å²) in [6, 6.07) is 7.02. The maximum atomic E-state index is 11.7. The number of esters is 1. The minimum absolute atomic E-state index is 0.163. The van der Waals surface area contributed by atoms with Gasteiger partial charge in [0.2, 0.25) is 5.88 Å². The van der Waals surface area contributed by atoms with Gasteiger partial charge in [0.25, 0.3) is 0 Å². The Morgan fingerprint density at radius 3 is 2.75 bits per heavy atom. The lowest BCUT2D eigenvalue weighted by atomic mass is 10.2. The van der Waals surface area contributed by atoms with Crippen LogP contribution in [-0.4, -0.2) is 18.1 Å². The maximum Gasteiger partial charge on any atom is 0.343 e. The first kappa shape index (κ1) is 14.3. The second-order valence-electron chi connectivity index (χ2n) is 4.12. The quantitative estimate of drug-likeness (QED) is 0.870. The molecule has 0 aliphatic carbocycles. The number of pyridine rings is 1. The van der Waals surface area contributed by atoms with E-state index in [1.807, 2.05) is 19.1 Å². The molecule has 2 aromatic rings. The number of aryl methyl sites for hydroxylation is 1. The van der Waals surface area contributed by atoms with Gasteiger partial charge >= 0.3 is 5.97 Å². The van der Waals surface area contributed by atoms with Crippen LogP contribution in [0, 0.1) is 6.92 Å². The van der Waals surface area contributed by atoms with Crippen molar-refractivity contribution in [3.05, 3.63) is 46.1 Å². The lowest BCUT2D eigenvalue weighted by molar-refractivity contribution is 0.0597. The number of nitrogens with zero attached hydrogens (tertiary/aromatic N) is 1. The van der Waals surface area contributed by atoms with Crippen LogP contribution in [0.2, 0.25) is 0 Å². The van der Waals surface area contributed by atoms with Crippen molar-refractivity contribution in [1.82, 2.24) is 4.98 Å². The first-order chi connectivity index (χ1) is 9.51. The van der Waals surface area contributed by atoms with Gasteiger partial charge < -0.3 is 15.2 Å². The summed E-state index contributed by atoms with van der Waals surface area (Å²) in [6.07, 6.45) is 1.43. The van der Waals surface area contributed by atoms with E-state index in [0.717, 1.165) is 10.0 Å². The Hall–Kier alpha value is -2.08. The molecule has 0 bridgehead atoms. The summed E-state index contributed by atoms with van der Waals surface area (Å²) in [7, 11) is 1.29. The molecule has 1 aromatic heterocycles. The normalized spacial score (nSPS) is 10.2. The van der Waals surface area contributed by atoms with E-state index in [1.165, 1.54) is 19.4 Å². The first-order valence-corrected chi connectivity index (χ1v) is 6.58. The number of benzene rings is 1. The number of carbonyl (C=O) groups is 1. The molecule has 0 amide bonds. The van der Waals surface area contributed by atoms with Gasteiger partial charge in [0, 0.05) is 4.47 Å². The number of carbonyl (C=O) groups excluding carboxylic acids is 1. The molecule has 6 heteroatoms. The molecule has 0 radical (unpaired) electrons. The predicted octanol–water partition coefficient (Wildman–Crippen LogP) is 3.31. The molecule has 1 aromatic carbocycles. The molecule has 0 saturated heterocycles. The van der Waals surface area contributed by atoms with Gasteiger partial charge in [-0.3, -0.25) is 0 Å². The molecule has 5 nitrogen and oxygen atoms in total. The van der Waals surface area contributed by atoms with Crippen molar-refractivity contribution in [1.29, 1.82) is 0 Å². The third-order valence-corrected chi connectivity index (χ3v) is 3.11. The molecule has 0 fully saturated rings. The number of methoxy groups -OCH3 is 1. The number of hydrogen-bond acceptors (Lipinski definition) is 5. The number of anilines is 1. The van der Waals surface area contributed by atoms with Crippen LogP contribution in [0.25, 0.3) is 0 Å². The molecule has 0 unspecified atom stereocenters. The van der Waals surface area contributed by atoms with Gasteiger partial charge in [0.1, 0.15) is 11.3 Å². The topological polar surface area (TPSA) is 74.4 Å². The summed E-state index contributed by atoms with van der Waals surface area (Å²) in [5.41, 5.74) is 7.10. The van der Waals surface area contributed by atoms with E-state index >= 15 is 0 Å². The minimum Gasteiger partial charge on any atom is -0.465 e. The Morgan fingerprint density at radius 1 is 1.35 bits per heavy atom. The van der Waals surface area contributed by atoms with E-state index in [0.29, 0.717) is 11.4 Å². The summed E-state index contributed by atoms with van der Waals surface area (Å²) in [5, 5.41) is 0. The first-order valence-electron chi connectivity index (χ1n) is 5.79. The second-order valence-corrected chi connectivity index (χ2v) is 5.04. The largest absolute Gasteiger partial charge is 0.465 e. The molecule has 0 spiro atoms. The molecule has 20 heavy (non-hydrogen) atoms. The van der Waals surface area contributed by atoms with Crippen LogP contribution in [0.1, 0.15) is 15.9 Å². The Labute approximate surface area is 124 Å². The molecule has 2 rings (SSSR count). The van der Waals surface area contributed by atoms with Crippen LogP contribution in [0.5, 0.6) is 11.6 Å². The van der Waals surface area contributed by atoms with E-state index in [-0.39, 0.29) is 11.4 Å². The fourth-order valence-corrected chi connectivity index (χ4v) is 2.11. The van der Waals surface area contributed by atoms with Gasteiger partial charge in [0.05, 0.1) is 19.0 Å². The van der Waals surface area contributed by atoms with Crippen molar-refractivity contribution in [3.8, 4) is 11.6 Å². The fraction of sp³-hybridized carbons (Fsp3) is 0.143. The number of halogens is 1. The second kappa shape index (κ2) is 5.92. The Morgan fingerprint density at radius 2 is 2.10 bits per heavy atom. The number of nitrogen functional groups attached to an aromatic ring is 1. The SMILES string of the molecule is COC(=O)c1cc(N)cnc1Oc1ccc(Br)cc1C. The lowest BCUT2D eigenvalue weighted by Crippen LogP contribution is -2.06. The summed E-state index contributed by atoms with van der Waals surface area (Å²) in [5.74, 6) is 0.224. The highest BCUT2D eigenvalue weighted by Crippen LogP contribution is 2.29. The minimum atomic E-state index is -0.547. The number of nitrogens with two attached hydrogens (primary N) is 1. The van der Waals surface area contributed by atoms with Crippen LogP contribution in [0.15, 0.2) is 34.9 Å². The maximum absolute atomic E-state index is 11.7. The number of aromatic nitrogens is 1. The highest BCUT2D eigenvalue weighted by molar-refractivity contribution is 9.10. The van der Waals surface area contributed by atoms with Gasteiger partial charge in [-0.25, -0.2) is 9.78 Å². The Bertz CT molecular complexity index is 659. The molecular formula is C14H13BrN2O3. The van der Waals surface area contributed by atoms with E-state index < -0.39 is 5.97 Å². The zero-order valence-corrected chi connectivity index (χ0v) is 12.6. The molecule has 0 atom stereocenters. The highest BCUT2D eigenvalue weighted by Gasteiger charge is 2.16. The molecule has 0 saturated carbocycles. The molecule has 2 N–H and O–H groups in total. The smallest absolute Gasteiger partial charge is 0.343 e. The van der Waals surface area contributed by atoms with Gasteiger partial charge in [-0.1, -0.05) is 15.9 Å². The molecule has 0 aliphatic heterocycles. The van der Waals surface area contributed by atoms with E-state index in [1.54, 1.807) is 6.07 Å². The van der Waals surface area contributed by atoms with Crippen LogP contribution < -0.4 is 10.5 Å². The van der Waals surface area contributed by atoms with E-state index in [4.69, 9.17) is 15.2 Å². The lowest BCUT2D eigenvalue weighted by Gasteiger charge is -2.11. The van der Waals surface area contributed by atoms with E-state index in [9.17, 15) is 4.79 Å². The van der Waals surface area contributed by atoms with Crippen molar-refractivity contribution in [2.24, 2.45) is 0 Å². The van der Waals surface area contributed by atoms with Crippen LogP contribution in [-0.2, 0) is 4.74 Å². The summed E-state index contributed by atoms with van der Waals surface area (Å²) in [4.78, 5) is 15.8. The highest BCUT2D eigenvalue weighted by atomic mass is 79.9.